The molecule has 1 aromatic heterocycles. The maximum absolute atomic E-state index is 12.0. The lowest BCUT2D eigenvalue weighted by atomic mass is 10.0. The van der Waals surface area contributed by atoms with Crippen LogP contribution in [0.2, 0.25) is 0 Å². The zero-order valence-corrected chi connectivity index (χ0v) is 9.36. The van der Waals surface area contributed by atoms with Crippen LogP contribution in [0.1, 0.15) is 10.4 Å². The van der Waals surface area contributed by atoms with E-state index in [4.69, 9.17) is 5.11 Å². The van der Waals surface area contributed by atoms with Gasteiger partial charge in [0, 0.05) is 18.0 Å². The number of hydrogen-bond donors (Lipinski definition) is 2. The highest BCUT2D eigenvalue weighted by atomic mass is 19.4. The maximum atomic E-state index is 12.0. The molecule has 0 aliphatic rings. The summed E-state index contributed by atoms with van der Waals surface area (Å²) in [6.07, 6.45) is -1.98. The van der Waals surface area contributed by atoms with E-state index in [1.807, 2.05) is 0 Å². The van der Waals surface area contributed by atoms with Crippen molar-refractivity contribution in [3.8, 4) is 16.9 Å². The summed E-state index contributed by atoms with van der Waals surface area (Å²) in [5.41, 5.74) is 0.920. The molecule has 4 nitrogen and oxygen atoms in total. The molecular formula is C12H8F3NO3. The number of ether oxygens (including phenoxy) is 1. The molecule has 0 fully saturated rings. The number of aromatic nitrogens is 1. The molecule has 100 valence electrons. The quantitative estimate of drug-likeness (QED) is 0.900. The normalized spacial score (nSPS) is 11.3. The number of carboxylic acid groups (broad SMARTS) is 1. The van der Waals surface area contributed by atoms with Crippen LogP contribution >= 0.6 is 0 Å². The lowest BCUT2D eigenvalue weighted by molar-refractivity contribution is -0.274. The molecule has 1 aromatic carbocycles. The van der Waals surface area contributed by atoms with Gasteiger partial charge in [-0.05, 0) is 17.7 Å². The largest absolute Gasteiger partial charge is 0.573 e. The molecule has 1 heterocycles. The molecule has 0 aliphatic heterocycles. The minimum Gasteiger partial charge on any atom is -0.478 e. The van der Waals surface area contributed by atoms with E-state index in [1.165, 1.54) is 24.5 Å². The van der Waals surface area contributed by atoms with Crippen LogP contribution in [0.3, 0.4) is 0 Å². The standard InChI is InChI=1S/C12H8F3NO3/c13-12(14,15)19-8-3-1-7(2-4-8)9-5-16-6-10(9)11(17)18/h1-6,16H,(H,17,18). The predicted molar refractivity (Wildman–Crippen MR) is 59.9 cm³/mol. The molecule has 0 aliphatic carbocycles. The van der Waals surface area contributed by atoms with Crippen LogP contribution in [-0.4, -0.2) is 22.4 Å². The lowest BCUT2D eigenvalue weighted by Crippen LogP contribution is -2.16. The van der Waals surface area contributed by atoms with Gasteiger partial charge >= 0.3 is 12.3 Å². The van der Waals surface area contributed by atoms with Crippen LogP contribution in [0.15, 0.2) is 36.7 Å². The van der Waals surface area contributed by atoms with Gasteiger partial charge in [-0.25, -0.2) is 4.79 Å². The SMILES string of the molecule is O=C(O)c1c[nH]cc1-c1ccc(OC(F)(F)F)cc1. The van der Waals surface area contributed by atoms with Gasteiger partial charge in [0.05, 0.1) is 5.56 Å². The number of hydrogen-bond acceptors (Lipinski definition) is 2. The minimum absolute atomic E-state index is 0.0458. The van der Waals surface area contributed by atoms with E-state index >= 15 is 0 Å². The van der Waals surface area contributed by atoms with Gasteiger partial charge in [-0.15, -0.1) is 13.2 Å². The van der Waals surface area contributed by atoms with Crippen molar-refractivity contribution in [1.29, 1.82) is 0 Å². The van der Waals surface area contributed by atoms with Gasteiger partial charge in [-0.3, -0.25) is 0 Å². The highest BCUT2D eigenvalue weighted by molar-refractivity contribution is 5.95. The number of carboxylic acids is 1. The Labute approximate surface area is 105 Å². The zero-order chi connectivity index (χ0) is 14.0. The number of nitrogens with one attached hydrogen (secondary N) is 1. The predicted octanol–water partition coefficient (Wildman–Crippen LogP) is 3.28. The number of alkyl halides is 3. The van der Waals surface area contributed by atoms with Crippen molar-refractivity contribution in [2.24, 2.45) is 0 Å². The number of halogens is 3. The first kappa shape index (κ1) is 13.0. The molecular weight excluding hydrogens is 263 g/mol. The van der Waals surface area contributed by atoms with Crippen molar-refractivity contribution < 1.29 is 27.8 Å². The van der Waals surface area contributed by atoms with E-state index in [0.29, 0.717) is 11.1 Å². The van der Waals surface area contributed by atoms with Crippen LogP contribution < -0.4 is 4.74 Å². The Morgan fingerprint density at radius 1 is 1.16 bits per heavy atom. The molecule has 0 radical (unpaired) electrons. The average molecular weight is 271 g/mol. The summed E-state index contributed by atoms with van der Waals surface area (Å²) in [6, 6.07) is 4.97. The van der Waals surface area contributed by atoms with Crippen molar-refractivity contribution in [3.05, 3.63) is 42.2 Å². The summed E-state index contributed by atoms with van der Waals surface area (Å²) in [5.74, 6) is -1.48. The fourth-order valence-electron chi connectivity index (χ4n) is 1.62. The third kappa shape index (κ3) is 3.06. The van der Waals surface area contributed by atoms with Crippen molar-refractivity contribution in [1.82, 2.24) is 4.98 Å². The fourth-order valence-corrected chi connectivity index (χ4v) is 1.62. The van der Waals surface area contributed by atoms with Crippen LogP contribution in [0, 0.1) is 0 Å². The summed E-state index contributed by atoms with van der Waals surface area (Å²) >= 11 is 0. The number of aromatic amines is 1. The Kier molecular flexibility index (Phi) is 3.20. The molecule has 0 spiro atoms. The molecule has 0 unspecified atom stereocenters. The highest BCUT2D eigenvalue weighted by Crippen LogP contribution is 2.28. The minimum atomic E-state index is -4.75. The molecule has 19 heavy (non-hydrogen) atoms. The van der Waals surface area contributed by atoms with Crippen LogP contribution in [0.4, 0.5) is 13.2 Å². The molecule has 0 bridgehead atoms. The van der Waals surface area contributed by atoms with Gasteiger partial charge in [0.1, 0.15) is 5.75 Å². The highest BCUT2D eigenvalue weighted by Gasteiger charge is 2.31. The Bertz CT molecular complexity index is 587. The summed E-state index contributed by atoms with van der Waals surface area (Å²) < 4.78 is 39.7. The molecule has 0 saturated carbocycles. The average Bonchev–Trinajstić information content (AvgIpc) is 2.76. The first-order valence-corrected chi connectivity index (χ1v) is 5.13. The lowest BCUT2D eigenvalue weighted by Gasteiger charge is -2.09. The van der Waals surface area contributed by atoms with Gasteiger partial charge in [-0.2, -0.15) is 0 Å². The van der Waals surface area contributed by atoms with E-state index in [2.05, 4.69) is 9.72 Å². The summed E-state index contributed by atoms with van der Waals surface area (Å²) in [4.78, 5) is 13.6. The van der Waals surface area contributed by atoms with Crippen molar-refractivity contribution in [2.75, 3.05) is 0 Å². The molecule has 0 amide bonds. The topological polar surface area (TPSA) is 62.3 Å². The van der Waals surface area contributed by atoms with Gasteiger partial charge < -0.3 is 14.8 Å². The number of aromatic carboxylic acids is 1. The van der Waals surface area contributed by atoms with Gasteiger partial charge in [0.2, 0.25) is 0 Å². The molecule has 2 N–H and O–H groups in total. The smallest absolute Gasteiger partial charge is 0.478 e. The molecule has 7 heteroatoms. The third-order valence-corrected chi connectivity index (χ3v) is 2.37. The number of benzene rings is 1. The van der Waals surface area contributed by atoms with Gasteiger partial charge in [-0.1, -0.05) is 12.1 Å². The van der Waals surface area contributed by atoms with E-state index < -0.39 is 12.3 Å². The first-order valence-electron chi connectivity index (χ1n) is 5.13. The van der Waals surface area contributed by atoms with Gasteiger partial charge in [0.15, 0.2) is 0 Å². The van der Waals surface area contributed by atoms with E-state index in [9.17, 15) is 18.0 Å². The summed E-state index contributed by atoms with van der Waals surface area (Å²) in [5, 5.41) is 8.93. The second-order valence-corrected chi connectivity index (χ2v) is 3.66. The van der Waals surface area contributed by atoms with Crippen molar-refractivity contribution >= 4 is 5.97 Å². The van der Waals surface area contributed by atoms with E-state index in [1.54, 1.807) is 0 Å². The Hall–Kier alpha value is -2.44. The Morgan fingerprint density at radius 3 is 2.32 bits per heavy atom. The Morgan fingerprint density at radius 2 is 1.79 bits per heavy atom. The third-order valence-electron chi connectivity index (χ3n) is 2.37. The number of H-pyrrole nitrogens is 1. The fraction of sp³-hybridized carbons (Fsp3) is 0.0833. The van der Waals surface area contributed by atoms with Crippen molar-refractivity contribution in [3.63, 3.8) is 0 Å². The van der Waals surface area contributed by atoms with Crippen LogP contribution in [0.5, 0.6) is 5.75 Å². The molecule has 0 saturated heterocycles. The molecule has 0 atom stereocenters. The number of rotatable bonds is 3. The second kappa shape index (κ2) is 4.68. The molecule has 2 aromatic rings. The maximum Gasteiger partial charge on any atom is 0.573 e. The van der Waals surface area contributed by atoms with Gasteiger partial charge in [0.25, 0.3) is 0 Å². The van der Waals surface area contributed by atoms with E-state index in [-0.39, 0.29) is 11.3 Å². The van der Waals surface area contributed by atoms with Crippen LogP contribution in [0.25, 0.3) is 11.1 Å². The second-order valence-electron chi connectivity index (χ2n) is 3.66. The molecule has 2 rings (SSSR count). The monoisotopic (exact) mass is 271 g/mol. The van der Waals surface area contributed by atoms with Crippen LogP contribution in [-0.2, 0) is 0 Å². The number of carbonyl (C=O) groups is 1. The summed E-state index contributed by atoms with van der Waals surface area (Å²) in [6.45, 7) is 0. The van der Waals surface area contributed by atoms with E-state index in [0.717, 1.165) is 12.1 Å². The summed E-state index contributed by atoms with van der Waals surface area (Å²) in [7, 11) is 0. The first-order chi connectivity index (χ1) is 8.87. The zero-order valence-electron chi connectivity index (χ0n) is 9.36. The Balaban J connectivity index is 2.28. The van der Waals surface area contributed by atoms with Crippen molar-refractivity contribution in [2.45, 2.75) is 6.36 Å².